The van der Waals surface area contributed by atoms with Gasteiger partial charge in [-0.15, -0.1) is 0 Å². The van der Waals surface area contributed by atoms with Gasteiger partial charge < -0.3 is 5.32 Å². The molecule has 0 saturated heterocycles. The van der Waals surface area contributed by atoms with Crippen LogP contribution in [0.4, 0.5) is 0 Å². The largest absolute Gasteiger partial charge is 0.348 e. The van der Waals surface area contributed by atoms with Gasteiger partial charge in [-0.3, -0.25) is 9.48 Å². The summed E-state index contributed by atoms with van der Waals surface area (Å²) in [5.74, 6) is -0.166. The van der Waals surface area contributed by atoms with Crippen molar-refractivity contribution in [1.29, 1.82) is 0 Å². The number of rotatable bonds is 7. The SMILES string of the molecule is O=C(/C=C/c1ccc2ccccc2n1)NC(Cc1ccccc1)Cn1cncn1. The second-order valence-corrected chi connectivity index (χ2v) is 6.77. The van der Waals surface area contributed by atoms with E-state index in [1.807, 2.05) is 54.6 Å². The number of nitrogens with zero attached hydrogens (tertiary/aromatic N) is 4. The first-order valence-electron chi connectivity index (χ1n) is 9.47. The van der Waals surface area contributed by atoms with E-state index < -0.39 is 0 Å². The van der Waals surface area contributed by atoms with E-state index >= 15 is 0 Å². The monoisotopic (exact) mass is 383 g/mol. The smallest absolute Gasteiger partial charge is 0.244 e. The number of carbonyl (C=O) groups excluding carboxylic acids is 1. The average Bonchev–Trinajstić information content (AvgIpc) is 3.26. The Morgan fingerprint density at radius 2 is 1.86 bits per heavy atom. The fraction of sp³-hybridized carbons (Fsp3) is 0.130. The molecule has 0 saturated carbocycles. The fourth-order valence-electron chi connectivity index (χ4n) is 3.20. The summed E-state index contributed by atoms with van der Waals surface area (Å²) in [6, 6.07) is 21.8. The van der Waals surface area contributed by atoms with Gasteiger partial charge in [-0.2, -0.15) is 5.10 Å². The maximum atomic E-state index is 12.5. The number of fused-ring (bicyclic) bond motifs is 1. The van der Waals surface area contributed by atoms with E-state index in [0.29, 0.717) is 13.0 Å². The molecule has 1 atom stereocenters. The molecule has 0 aliphatic rings. The Morgan fingerprint density at radius 1 is 1.03 bits per heavy atom. The van der Waals surface area contributed by atoms with Crippen LogP contribution in [0.1, 0.15) is 11.3 Å². The number of para-hydroxylation sites is 1. The second-order valence-electron chi connectivity index (χ2n) is 6.77. The van der Waals surface area contributed by atoms with Crippen LogP contribution >= 0.6 is 0 Å². The lowest BCUT2D eigenvalue weighted by molar-refractivity contribution is -0.117. The third-order valence-electron chi connectivity index (χ3n) is 4.57. The van der Waals surface area contributed by atoms with Crippen molar-refractivity contribution in [2.45, 2.75) is 19.0 Å². The molecule has 1 amide bonds. The van der Waals surface area contributed by atoms with E-state index in [2.05, 4.69) is 32.5 Å². The third kappa shape index (κ3) is 5.13. The van der Waals surface area contributed by atoms with Gasteiger partial charge >= 0.3 is 0 Å². The molecule has 4 rings (SSSR count). The number of hydrogen-bond donors (Lipinski definition) is 1. The van der Waals surface area contributed by atoms with E-state index in [4.69, 9.17) is 0 Å². The summed E-state index contributed by atoms with van der Waals surface area (Å²) in [5, 5.41) is 8.30. The lowest BCUT2D eigenvalue weighted by Gasteiger charge is -2.18. The molecule has 1 unspecified atom stereocenters. The molecule has 0 radical (unpaired) electrons. The van der Waals surface area contributed by atoms with Crippen LogP contribution in [0.15, 0.2) is 85.5 Å². The molecular formula is C23H21N5O. The van der Waals surface area contributed by atoms with E-state index in [9.17, 15) is 4.79 Å². The fourth-order valence-corrected chi connectivity index (χ4v) is 3.20. The minimum atomic E-state index is -0.166. The molecule has 144 valence electrons. The minimum Gasteiger partial charge on any atom is -0.348 e. The van der Waals surface area contributed by atoms with Crippen molar-refractivity contribution in [2.24, 2.45) is 0 Å². The van der Waals surface area contributed by atoms with Gasteiger partial charge in [0, 0.05) is 11.5 Å². The van der Waals surface area contributed by atoms with E-state index in [1.165, 1.54) is 12.4 Å². The number of amides is 1. The standard InChI is InChI=1S/C23H21N5O/c29-23(13-12-20-11-10-19-8-4-5-9-22(19)26-20)27-21(15-28-17-24-16-25-28)14-18-6-2-1-3-7-18/h1-13,16-17,21H,14-15H2,(H,27,29)/b13-12+. The number of carbonyl (C=O) groups is 1. The summed E-state index contributed by atoms with van der Waals surface area (Å²) in [5.41, 5.74) is 2.80. The highest BCUT2D eigenvalue weighted by molar-refractivity contribution is 5.92. The molecule has 4 aromatic rings. The van der Waals surface area contributed by atoms with Crippen molar-refractivity contribution in [3.8, 4) is 0 Å². The Labute approximate surface area is 168 Å². The van der Waals surface area contributed by atoms with Crippen molar-refractivity contribution in [3.05, 3.63) is 96.7 Å². The van der Waals surface area contributed by atoms with Gasteiger partial charge in [-0.05, 0) is 30.2 Å². The molecule has 0 spiro atoms. The van der Waals surface area contributed by atoms with Crippen molar-refractivity contribution in [3.63, 3.8) is 0 Å². The number of hydrogen-bond acceptors (Lipinski definition) is 4. The van der Waals surface area contributed by atoms with Crippen LogP contribution in [0.25, 0.3) is 17.0 Å². The van der Waals surface area contributed by atoms with Crippen molar-refractivity contribution in [2.75, 3.05) is 0 Å². The topological polar surface area (TPSA) is 72.7 Å². The molecule has 6 nitrogen and oxygen atoms in total. The lowest BCUT2D eigenvalue weighted by Crippen LogP contribution is -2.38. The van der Waals surface area contributed by atoms with Gasteiger partial charge in [0.15, 0.2) is 0 Å². The van der Waals surface area contributed by atoms with E-state index in [-0.39, 0.29) is 11.9 Å². The van der Waals surface area contributed by atoms with E-state index in [1.54, 1.807) is 17.1 Å². The Kier molecular flexibility index (Phi) is 5.71. The molecule has 0 aliphatic heterocycles. The van der Waals surface area contributed by atoms with Crippen molar-refractivity contribution >= 4 is 22.9 Å². The Hall–Kier alpha value is -3.80. The maximum Gasteiger partial charge on any atom is 0.244 e. The molecule has 0 fully saturated rings. The third-order valence-corrected chi connectivity index (χ3v) is 4.57. The highest BCUT2D eigenvalue weighted by atomic mass is 16.1. The first-order chi connectivity index (χ1) is 14.3. The molecule has 2 aromatic carbocycles. The van der Waals surface area contributed by atoms with Crippen LogP contribution in [0.2, 0.25) is 0 Å². The zero-order valence-corrected chi connectivity index (χ0v) is 15.8. The molecular weight excluding hydrogens is 362 g/mol. The first-order valence-corrected chi connectivity index (χ1v) is 9.47. The second kappa shape index (κ2) is 8.93. The van der Waals surface area contributed by atoms with Gasteiger partial charge in [-0.25, -0.2) is 9.97 Å². The number of benzene rings is 2. The summed E-state index contributed by atoms with van der Waals surface area (Å²) in [6.07, 6.45) is 7.10. The van der Waals surface area contributed by atoms with Crippen molar-refractivity contribution < 1.29 is 4.79 Å². The highest BCUT2D eigenvalue weighted by Gasteiger charge is 2.13. The molecule has 6 heteroatoms. The van der Waals surface area contributed by atoms with Crippen molar-refractivity contribution in [1.82, 2.24) is 25.1 Å². The molecule has 0 bridgehead atoms. The van der Waals surface area contributed by atoms with Gasteiger partial charge in [0.25, 0.3) is 0 Å². The van der Waals surface area contributed by atoms with Gasteiger partial charge in [0.1, 0.15) is 12.7 Å². The molecule has 2 aromatic heterocycles. The molecule has 2 heterocycles. The Morgan fingerprint density at radius 3 is 2.69 bits per heavy atom. The van der Waals surface area contributed by atoms with Gasteiger partial charge in [0.05, 0.1) is 23.8 Å². The van der Waals surface area contributed by atoms with Crippen LogP contribution in [0.3, 0.4) is 0 Å². The number of aromatic nitrogens is 4. The molecule has 1 N–H and O–H groups in total. The summed E-state index contributed by atoms with van der Waals surface area (Å²) < 4.78 is 1.72. The lowest BCUT2D eigenvalue weighted by atomic mass is 10.1. The van der Waals surface area contributed by atoms with E-state index in [0.717, 1.165) is 22.2 Å². The summed E-state index contributed by atoms with van der Waals surface area (Å²) >= 11 is 0. The average molecular weight is 383 g/mol. The summed E-state index contributed by atoms with van der Waals surface area (Å²) in [7, 11) is 0. The quantitative estimate of drug-likeness (QED) is 0.497. The van der Waals surface area contributed by atoms with Gasteiger partial charge in [-0.1, -0.05) is 54.6 Å². The number of pyridine rings is 1. The Balaban J connectivity index is 1.45. The van der Waals surface area contributed by atoms with Crippen LogP contribution in [-0.4, -0.2) is 31.7 Å². The van der Waals surface area contributed by atoms with Gasteiger partial charge in [0.2, 0.25) is 5.91 Å². The predicted molar refractivity (Wildman–Crippen MR) is 113 cm³/mol. The van der Waals surface area contributed by atoms with Crippen LogP contribution in [-0.2, 0) is 17.8 Å². The number of nitrogens with one attached hydrogen (secondary N) is 1. The summed E-state index contributed by atoms with van der Waals surface area (Å²) in [6.45, 7) is 0.544. The minimum absolute atomic E-state index is 0.110. The van der Waals surface area contributed by atoms with Crippen LogP contribution in [0, 0.1) is 0 Å². The predicted octanol–water partition coefficient (Wildman–Crippen LogP) is 3.27. The van der Waals surface area contributed by atoms with Crippen LogP contribution < -0.4 is 5.32 Å². The first kappa shape index (κ1) is 18.6. The Bertz CT molecular complexity index is 1110. The molecule has 0 aliphatic carbocycles. The zero-order valence-electron chi connectivity index (χ0n) is 15.8. The normalized spacial score (nSPS) is 12.3. The highest BCUT2D eigenvalue weighted by Crippen LogP contribution is 2.12. The summed E-state index contributed by atoms with van der Waals surface area (Å²) in [4.78, 5) is 21.1. The van der Waals surface area contributed by atoms with Crippen LogP contribution in [0.5, 0.6) is 0 Å². The maximum absolute atomic E-state index is 12.5. The zero-order chi connectivity index (χ0) is 19.9. The molecule has 29 heavy (non-hydrogen) atoms.